The molecule has 1 aliphatic heterocycles. The molecule has 0 saturated carbocycles. The van der Waals surface area contributed by atoms with Crippen LogP contribution in [0.15, 0.2) is 67.3 Å². The SMILES string of the molecule is Cc1ccc(N2CCc3cc(N(C)C)ccc3C2=O)c(O)c1-c1cc(Nc2ccn(C)n2)c2nccn2c1. The van der Waals surface area contributed by atoms with E-state index in [1.165, 1.54) is 0 Å². The summed E-state index contributed by atoms with van der Waals surface area (Å²) in [6.07, 6.45) is 8.12. The van der Waals surface area contributed by atoms with Gasteiger partial charge in [-0.05, 0) is 54.8 Å². The molecule has 38 heavy (non-hydrogen) atoms. The van der Waals surface area contributed by atoms with Crippen LogP contribution in [0.1, 0.15) is 21.5 Å². The number of aromatic nitrogens is 4. The number of hydrogen-bond acceptors (Lipinski definition) is 6. The fourth-order valence-electron chi connectivity index (χ4n) is 5.13. The monoisotopic (exact) mass is 507 g/mol. The Balaban J connectivity index is 1.42. The van der Waals surface area contributed by atoms with Crippen LogP contribution in [-0.2, 0) is 13.5 Å². The average molecular weight is 508 g/mol. The highest BCUT2D eigenvalue weighted by Crippen LogP contribution is 2.42. The van der Waals surface area contributed by atoms with Crippen LogP contribution in [0, 0.1) is 6.92 Å². The fourth-order valence-corrected chi connectivity index (χ4v) is 5.13. The second-order valence-electron chi connectivity index (χ2n) is 9.87. The second kappa shape index (κ2) is 8.95. The first kappa shape index (κ1) is 23.6. The summed E-state index contributed by atoms with van der Waals surface area (Å²) in [5.74, 6) is 0.665. The first-order chi connectivity index (χ1) is 18.3. The zero-order valence-corrected chi connectivity index (χ0v) is 21.8. The maximum absolute atomic E-state index is 13.6. The number of anilines is 4. The van der Waals surface area contributed by atoms with Gasteiger partial charge in [-0.25, -0.2) is 4.98 Å². The standard InChI is InChI=1S/C29H29N7O2/c1-18-5-8-24(36-13-9-19-15-21(33(2)3)6-7-22(19)29(36)38)27(37)26(18)20-16-23(28-30-11-14-35(28)17-20)31-25-10-12-34(4)32-25/h5-8,10-12,14-17,37H,9,13H2,1-4H3,(H,31,32). The zero-order valence-electron chi connectivity index (χ0n) is 21.8. The van der Waals surface area contributed by atoms with Crippen molar-refractivity contribution in [1.82, 2.24) is 19.2 Å². The number of fused-ring (bicyclic) bond motifs is 2. The lowest BCUT2D eigenvalue weighted by molar-refractivity contribution is 0.0980. The highest BCUT2D eigenvalue weighted by molar-refractivity contribution is 6.09. The average Bonchev–Trinajstić information content (AvgIpc) is 3.53. The number of aromatic hydroxyl groups is 1. The molecule has 192 valence electrons. The normalized spacial score (nSPS) is 13.2. The molecule has 0 atom stereocenters. The van der Waals surface area contributed by atoms with Crippen molar-refractivity contribution in [3.63, 3.8) is 0 Å². The highest BCUT2D eigenvalue weighted by Gasteiger charge is 2.29. The van der Waals surface area contributed by atoms with Gasteiger partial charge in [-0.2, -0.15) is 5.10 Å². The van der Waals surface area contributed by atoms with E-state index in [4.69, 9.17) is 0 Å². The van der Waals surface area contributed by atoms with Gasteiger partial charge in [-0.1, -0.05) is 6.07 Å². The summed E-state index contributed by atoms with van der Waals surface area (Å²) in [4.78, 5) is 21.8. The van der Waals surface area contributed by atoms with Crippen LogP contribution < -0.4 is 15.1 Å². The van der Waals surface area contributed by atoms with Crippen LogP contribution in [0.2, 0.25) is 0 Å². The smallest absolute Gasteiger partial charge is 0.258 e. The van der Waals surface area contributed by atoms with Gasteiger partial charge in [0, 0.05) is 80.9 Å². The van der Waals surface area contributed by atoms with E-state index in [0.717, 1.165) is 33.7 Å². The van der Waals surface area contributed by atoms with Crippen LogP contribution in [0.5, 0.6) is 5.75 Å². The van der Waals surface area contributed by atoms with E-state index < -0.39 is 0 Å². The minimum atomic E-state index is -0.107. The Morgan fingerprint density at radius 1 is 1.08 bits per heavy atom. The van der Waals surface area contributed by atoms with Crippen molar-refractivity contribution in [2.45, 2.75) is 13.3 Å². The largest absolute Gasteiger partial charge is 0.505 e. The minimum Gasteiger partial charge on any atom is -0.505 e. The lowest BCUT2D eigenvalue weighted by atomic mass is 9.95. The summed E-state index contributed by atoms with van der Waals surface area (Å²) in [6, 6.07) is 13.5. The Bertz CT molecular complexity index is 1700. The summed E-state index contributed by atoms with van der Waals surface area (Å²) in [7, 11) is 5.84. The molecule has 1 aliphatic rings. The first-order valence-corrected chi connectivity index (χ1v) is 12.5. The summed E-state index contributed by atoms with van der Waals surface area (Å²) >= 11 is 0. The quantitative estimate of drug-likeness (QED) is 0.356. The molecule has 6 rings (SSSR count). The van der Waals surface area contributed by atoms with E-state index in [2.05, 4.69) is 21.5 Å². The molecule has 0 unspecified atom stereocenters. The number of hydrogen-bond donors (Lipinski definition) is 2. The third-order valence-electron chi connectivity index (χ3n) is 7.09. The number of imidazole rings is 1. The van der Waals surface area contributed by atoms with Crippen molar-refractivity contribution in [1.29, 1.82) is 0 Å². The predicted molar refractivity (Wildman–Crippen MR) is 150 cm³/mol. The Kier molecular flexibility index (Phi) is 5.56. The number of phenolic OH excluding ortho intramolecular Hbond substituents is 1. The van der Waals surface area contributed by atoms with Crippen molar-refractivity contribution in [3.8, 4) is 16.9 Å². The van der Waals surface area contributed by atoms with Crippen LogP contribution in [0.4, 0.5) is 22.9 Å². The predicted octanol–water partition coefficient (Wildman–Crippen LogP) is 4.76. The molecule has 2 aromatic carbocycles. The van der Waals surface area contributed by atoms with Gasteiger partial charge in [0.2, 0.25) is 0 Å². The molecule has 2 N–H and O–H groups in total. The number of carbonyl (C=O) groups is 1. The van der Waals surface area contributed by atoms with Gasteiger partial charge < -0.3 is 24.6 Å². The second-order valence-corrected chi connectivity index (χ2v) is 9.87. The van der Waals surface area contributed by atoms with E-state index >= 15 is 0 Å². The Morgan fingerprint density at radius 3 is 2.68 bits per heavy atom. The Morgan fingerprint density at radius 2 is 1.92 bits per heavy atom. The molecule has 0 spiro atoms. The lowest BCUT2D eigenvalue weighted by Gasteiger charge is -2.30. The zero-order chi connectivity index (χ0) is 26.6. The molecular weight excluding hydrogens is 478 g/mol. The fraction of sp³-hybridized carbons (Fsp3) is 0.207. The number of phenols is 1. The van der Waals surface area contributed by atoms with Crippen LogP contribution in [0.3, 0.4) is 0 Å². The first-order valence-electron chi connectivity index (χ1n) is 12.5. The number of amides is 1. The third kappa shape index (κ3) is 3.92. The van der Waals surface area contributed by atoms with Crippen molar-refractivity contribution in [2.75, 3.05) is 35.8 Å². The van der Waals surface area contributed by atoms with E-state index in [-0.39, 0.29) is 11.7 Å². The highest BCUT2D eigenvalue weighted by atomic mass is 16.3. The lowest BCUT2D eigenvalue weighted by Crippen LogP contribution is -2.37. The number of nitrogens with zero attached hydrogens (tertiary/aromatic N) is 6. The van der Waals surface area contributed by atoms with Gasteiger partial charge in [0.05, 0.1) is 11.4 Å². The molecule has 0 radical (unpaired) electrons. The molecule has 3 aromatic heterocycles. The molecule has 5 aromatic rings. The van der Waals surface area contributed by atoms with Crippen LogP contribution >= 0.6 is 0 Å². The molecule has 9 heteroatoms. The summed E-state index contributed by atoms with van der Waals surface area (Å²) < 4.78 is 3.64. The molecule has 1 amide bonds. The van der Waals surface area contributed by atoms with E-state index in [1.54, 1.807) is 15.8 Å². The Hall–Kier alpha value is -4.79. The maximum atomic E-state index is 13.6. The maximum Gasteiger partial charge on any atom is 0.258 e. The number of aryl methyl sites for hydroxylation is 2. The van der Waals surface area contributed by atoms with Crippen molar-refractivity contribution >= 4 is 34.4 Å². The van der Waals surface area contributed by atoms with E-state index in [9.17, 15) is 9.90 Å². The van der Waals surface area contributed by atoms with E-state index in [1.807, 2.05) is 92.4 Å². The summed E-state index contributed by atoms with van der Waals surface area (Å²) in [5.41, 5.74) is 7.14. The van der Waals surface area contributed by atoms with Gasteiger partial charge in [-0.3, -0.25) is 9.48 Å². The Labute approximate surface area is 220 Å². The van der Waals surface area contributed by atoms with E-state index in [0.29, 0.717) is 35.6 Å². The number of carbonyl (C=O) groups excluding carboxylic acids is 1. The number of nitrogens with one attached hydrogen (secondary N) is 1. The third-order valence-corrected chi connectivity index (χ3v) is 7.09. The topological polar surface area (TPSA) is 90.9 Å². The summed E-state index contributed by atoms with van der Waals surface area (Å²) in [5, 5.41) is 19.4. The van der Waals surface area contributed by atoms with Crippen molar-refractivity contribution < 1.29 is 9.90 Å². The molecular formula is C29H29N7O2. The number of pyridine rings is 1. The van der Waals surface area contributed by atoms with Crippen LogP contribution in [0.25, 0.3) is 16.8 Å². The van der Waals surface area contributed by atoms with Gasteiger partial charge in [0.1, 0.15) is 5.75 Å². The van der Waals surface area contributed by atoms with Gasteiger partial charge in [0.25, 0.3) is 5.91 Å². The molecule has 0 bridgehead atoms. The molecule has 0 fully saturated rings. The van der Waals surface area contributed by atoms with Gasteiger partial charge in [0.15, 0.2) is 11.5 Å². The van der Waals surface area contributed by atoms with Crippen molar-refractivity contribution in [2.24, 2.45) is 7.05 Å². The van der Waals surface area contributed by atoms with Gasteiger partial charge in [-0.15, -0.1) is 0 Å². The molecule has 4 heterocycles. The summed E-state index contributed by atoms with van der Waals surface area (Å²) in [6.45, 7) is 2.45. The number of benzene rings is 2. The van der Waals surface area contributed by atoms with Crippen LogP contribution in [-0.4, -0.2) is 50.8 Å². The number of rotatable bonds is 5. The van der Waals surface area contributed by atoms with Crippen molar-refractivity contribution in [3.05, 3.63) is 83.9 Å². The van der Waals surface area contributed by atoms with Gasteiger partial charge >= 0.3 is 0 Å². The molecule has 0 aliphatic carbocycles. The molecule has 0 saturated heterocycles. The molecule has 9 nitrogen and oxygen atoms in total. The minimum absolute atomic E-state index is 0.0787.